The number of hydrogen-bond donors (Lipinski definition) is 1. The van der Waals surface area contributed by atoms with Crippen LogP contribution in [0, 0.1) is 34.5 Å². The van der Waals surface area contributed by atoms with E-state index < -0.39 is 21.1 Å². The Kier molecular flexibility index (Phi) is 5.66. The van der Waals surface area contributed by atoms with Gasteiger partial charge in [-0.3, -0.25) is 4.79 Å². The van der Waals surface area contributed by atoms with Crippen molar-refractivity contribution in [3.8, 4) is 0 Å². The maximum Gasteiger partial charge on any atom is 0.338 e. The normalized spacial score (nSPS) is 38.9. The third-order valence-corrected chi connectivity index (χ3v) is 10.5. The number of carbonyl (C=O) groups is 2. The standard InChI is InChI=1S/C26H32FNO5S/c1-25-13-11-21-19(8-10-22-26(21,2)14-12-23(29)28-22)20(25)9-5-17(25)15-33-24(30)16-3-6-18(7-4-16)34(27,31)32/h3-4,6-7,12,14,17,19-22H,5,8-11,13,15H2,1-2H3,(H,28,29)/t17-,19?,20?,21?,22?,25-,26-/m1/s1. The van der Waals surface area contributed by atoms with Gasteiger partial charge in [-0.05, 0) is 98.0 Å². The SMILES string of the molecule is C[C@]12C=CC(=O)NC1CCC1C2CC[C@@]2(C)C1CC[C@@H]2COC(=O)c1ccc(S(=O)(=O)F)cc1. The van der Waals surface area contributed by atoms with Crippen molar-refractivity contribution in [2.45, 2.75) is 63.3 Å². The van der Waals surface area contributed by atoms with Gasteiger partial charge in [-0.25, -0.2) is 4.79 Å². The molecule has 6 nitrogen and oxygen atoms in total. The van der Waals surface area contributed by atoms with E-state index in [2.05, 4.69) is 25.2 Å². The Labute approximate surface area is 200 Å². The van der Waals surface area contributed by atoms with Crippen molar-refractivity contribution in [3.05, 3.63) is 42.0 Å². The Bertz CT molecular complexity index is 1130. The lowest BCUT2D eigenvalue weighted by Crippen LogP contribution is -2.59. The zero-order valence-corrected chi connectivity index (χ0v) is 20.4. The number of fused-ring (bicyclic) bond motifs is 5. The fourth-order valence-corrected chi connectivity index (χ4v) is 8.19. The number of nitrogens with one attached hydrogen (secondary N) is 1. The van der Waals surface area contributed by atoms with E-state index >= 15 is 0 Å². The topological polar surface area (TPSA) is 89.5 Å². The van der Waals surface area contributed by atoms with E-state index in [1.54, 1.807) is 6.08 Å². The van der Waals surface area contributed by atoms with E-state index in [-0.39, 0.29) is 34.3 Å². The predicted octanol–water partition coefficient (Wildman–Crippen LogP) is 4.42. The molecular weight excluding hydrogens is 457 g/mol. The van der Waals surface area contributed by atoms with Crippen LogP contribution in [0.1, 0.15) is 62.7 Å². The van der Waals surface area contributed by atoms with Crippen LogP contribution in [0.5, 0.6) is 0 Å². The van der Waals surface area contributed by atoms with Crippen LogP contribution >= 0.6 is 0 Å². The minimum absolute atomic E-state index is 0.00195. The summed E-state index contributed by atoms with van der Waals surface area (Å²) >= 11 is 0. The van der Waals surface area contributed by atoms with Gasteiger partial charge in [-0.15, -0.1) is 3.89 Å². The molecule has 1 aromatic rings. The van der Waals surface area contributed by atoms with Crippen LogP contribution in [-0.2, 0) is 19.8 Å². The molecule has 1 amide bonds. The highest BCUT2D eigenvalue weighted by Crippen LogP contribution is 2.65. The summed E-state index contributed by atoms with van der Waals surface area (Å²) < 4.78 is 40.7. The molecule has 3 saturated carbocycles. The molecule has 3 aliphatic carbocycles. The highest BCUT2D eigenvalue weighted by Gasteiger charge is 2.59. The Morgan fingerprint density at radius 3 is 2.53 bits per heavy atom. The minimum atomic E-state index is -4.79. The van der Waals surface area contributed by atoms with Crippen molar-refractivity contribution >= 4 is 22.1 Å². The van der Waals surface area contributed by atoms with Crippen molar-refractivity contribution in [1.82, 2.24) is 5.32 Å². The molecule has 0 radical (unpaired) electrons. The van der Waals surface area contributed by atoms with Gasteiger partial charge in [0.15, 0.2) is 0 Å². The smallest absolute Gasteiger partial charge is 0.338 e. The molecule has 4 aliphatic rings. The predicted molar refractivity (Wildman–Crippen MR) is 124 cm³/mol. The number of amides is 1. The lowest BCUT2D eigenvalue weighted by Gasteiger charge is -2.58. The second-order valence-electron chi connectivity index (χ2n) is 11.1. The van der Waals surface area contributed by atoms with Crippen molar-refractivity contribution in [2.75, 3.05) is 6.61 Å². The summed E-state index contributed by atoms with van der Waals surface area (Å²) in [6.45, 7) is 5.00. The molecule has 4 unspecified atom stereocenters. The molecule has 0 saturated heterocycles. The van der Waals surface area contributed by atoms with Gasteiger partial charge in [0.1, 0.15) is 0 Å². The Morgan fingerprint density at radius 1 is 1.09 bits per heavy atom. The minimum Gasteiger partial charge on any atom is -0.462 e. The molecule has 7 atom stereocenters. The van der Waals surface area contributed by atoms with E-state index in [0.717, 1.165) is 50.7 Å². The average molecular weight is 490 g/mol. The molecule has 0 aromatic heterocycles. The first kappa shape index (κ1) is 23.5. The maximum absolute atomic E-state index is 13.1. The summed E-state index contributed by atoms with van der Waals surface area (Å²) in [5.74, 6) is 1.51. The summed E-state index contributed by atoms with van der Waals surface area (Å²) in [6.07, 6.45) is 10.3. The number of carbonyl (C=O) groups excluding carboxylic acids is 2. The van der Waals surface area contributed by atoms with Gasteiger partial charge in [0, 0.05) is 11.5 Å². The van der Waals surface area contributed by atoms with Gasteiger partial charge in [0.05, 0.1) is 17.1 Å². The Balaban J connectivity index is 1.26. The number of rotatable bonds is 4. The van der Waals surface area contributed by atoms with Crippen LogP contribution in [0.3, 0.4) is 0 Å². The number of halogens is 1. The maximum atomic E-state index is 13.1. The van der Waals surface area contributed by atoms with Crippen LogP contribution in [0.4, 0.5) is 3.89 Å². The van der Waals surface area contributed by atoms with Crippen molar-refractivity contribution in [1.29, 1.82) is 0 Å². The zero-order chi connectivity index (χ0) is 24.3. The first-order valence-electron chi connectivity index (χ1n) is 12.2. The average Bonchev–Trinajstić information content (AvgIpc) is 3.13. The third-order valence-electron chi connectivity index (χ3n) is 9.67. The first-order chi connectivity index (χ1) is 16.0. The van der Waals surface area contributed by atoms with Crippen molar-refractivity contribution in [3.63, 3.8) is 0 Å². The summed E-state index contributed by atoms with van der Waals surface area (Å²) in [4.78, 5) is 24.0. The number of ether oxygens (including phenoxy) is 1. The van der Waals surface area contributed by atoms with Gasteiger partial charge in [-0.2, -0.15) is 8.42 Å². The van der Waals surface area contributed by atoms with Gasteiger partial charge in [0.25, 0.3) is 0 Å². The van der Waals surface area contributed by atoms with E-state index in [9.17, 15) is 21.9 Å². The summed E-state index contributed by atoms with van der Waals surface area (Å²) in [5, 5.41) is 3.19. The van der Waals surface area contributed by atoms with Crippen LogP contribution in [0.2, 0.25) is 0 Å². The van der Waals surface area contributed by atoms with Crippen molar-refractivity contribution < 1.29 is 26.6 Å². The van der Waals surface area contributed by atoms with Crippen LogP contribution in [0.25, 0.3) is 0 Å². The largest absolute Gasteiger partial charge is 0.462 e. The van der Waals surface area contributed by atoms with Gasteiger partial charge in [0.2, 0.25) is 5.91 Å². The fourth-order valence-electron chi connectivity index (χ4n) is 7.73. The van der Waals surface area contributed by atoms with Crippen molar-refractivity contribution in [2.24, 2.45) is 34.5 Å². The summed E-state index contributed by atoms with van der Waals surface area (Å²) in [5.41, 5.74) is 0.327. The highest BCUT2D eigenvalue weighted by atomic mass is 32.3. The highest BCUT2D eigenvalue weighted by molar-refractivity contribution is 7.86. The fraction of sp³-hybridized carbons (Fsp3) is 0.615. The summed E-state index contributed by atoms with van der Waals surface area (Å²) in [7, 11) is -4.79. The Morgan fingerprint density at radius 2 is 1.82 bits per heavy atom. The number of benzene rings is 1. The number of esters is 1. The van der Waals surface area contributed by atoms with E-state index in [4.69, 9.17) is 4.74 Å². The molecule has 0 bridgehead atoms. The van der Waals surface area contributed by atoms with Gasteiger partial charge < -0.3 is 10.1 Å². The molecular formula is C26H32FNO5S. The van der Waals surface area contributed by atoms with E-state index in [0.29, 0.717) is 24.4 Å². The summed E-state index contributed by atoms with van der Waals surface area (Å²) in [6, 6.07) is 4.95. The molecule has 8 heteroatoms. The Hall–Kier alpha value is -2.22. The van der Waals surface area contributed by atoms with Gasteiger partial charge in [-0.1, -0.05) is 19.9 Å². The molecule has 5 rings (SSSR count). The first-order valence-corrected chi connectivity index (χ1v) is 13.6. The second-order valence-corrected chi connectivity index (χ2v) is 12.4. The molecule has 184 valence electrons. The van der Waals surface area contributed by atoms with E-state index in [1.165, 1.54) is 12.1 Å². The molecule has 34 heavy (non-hydrogen) atoms. The lowest BCUT2D eigenvalue weighted by atomic mass is 9.48. The quantitative estimate of drug-likeness (QED) is 0.500. The molecule has 1 aromatic carbocycles. The molecule has 1 N–H and O–H groups in total. The van der Waals surface area contributed by atoms with E-state index in [1.807, 2.05) is 0 Å². The zero-order valence-electron chi connectivity index (χ0n) is 19.6. The van der Waals surface area contributed by atoms with Crippen LogP contribution in [0.15, 0.2) is 41.3 Å². The second kappa shape index (κ2) is 8.18. The van der Waals surface area contributed by atoms with Gasteiger partial charge >= 0.3 is 16.2 Å². The third kappa shape index (κ3) is 3.78. The molecule has 0 spiro atoms. The van der Waals surface area contributed by atoms with Crippen LogP contribution < -0.4 is 5.32 Å². The lowest BCUT2D eigenvalue weighted by molar-refractivity contribution is -0.122. The molecule has 1 aliphatic heterocycles. The number of hydrogen-bond acceptors (Lipinski definition) is 5. The molecule has 3 fully saturated rings. The molecule has 1 heterocycles. The monoisotopic (exact) mass is 489 g/mol. The van der Waals surface area contributed by atoms with Crippen LogP contribution in [-0.4, -0.2) is 32.9 Å².